The molecule has 0 heterocycles. The second kappa shape index (κ2) is 5.38. The van der Waals surface area contributed by atoms with Crippen LogP contribution in [0.25, 0.3) is 0 Å². The van der Waals surface area contributed by atoms with Gasteiger partial charge in [0.05, 0.1) is 16.7 Å². The van der Waals surface area contributed by atoms with Crippen molar-refractivity contribution in [2.75, 3.05) is 5.75 Å². The van der Waals surface area contributed by atoms with Crippen LogP contribution in [0.4, 0.5) is 0 Å². The highest BCUT2D eigenvalue weighted by atomic mass is 35.5. The van der Waals surface area contributed by atoms with Crippen LogP contribution in [0, 0.1) is 11.3 Å². The maximum absolute atomic E-state index is 9.64. The maximum atomic E-state index is 9.64. The first kappa shape index (κ1) is 12.3. The van der Waals surface area contributed by atoms with E-state index in [0.717, 1.165) is 0 Å². The zero-order chi connectivity index (χ0) is 11.4. The van der Waals surface area contributed by atoms with Gasteiger partial charge in [-0.15, -0.1) is 0 Å². The SMILES string of the molecule is N#Cc1ccc(C(O)C(O)CS)cc1Cl. The van der Waals surface area contributed by atoms with Gasteiger partial charge in [0.2, 0.25) is 0 Å². The number of thiol groups is 1. The summed E-state index contributed by atoms with van der Waals surface area (Å²) in [5.74, 6) is 0.152. The number of rotatable bonds is 3. The minimum Gasteiger partial charge on any atom is -0.389 e. The predicted octanol–water partition coefficient (Wildman–Crippen LogP) is 1.54. The van der Waals surface area contributed by atoms with Crippen molar-refractivity contribution in [3.05, 3.63) is 34.3 Å². The molecule has 0 spiro atoms. The molecule has 1 rings (SSSR count). The summed E-state index contributed by atoms with van der Waals surface area (Å²) in [6.45, 7) is 0. The third-order valence-electron chi connectivity index (χ3n) is 2.01. The number of hydrogen-bond acceptors (Lipinski definition) is 4. The molecule has 2 N–H and O–H groups in total. The molecule has 80 valence electrons. The van der Waals surface area contributed by atoms with Crippen LogP contribution in [0.1, 0.15) is 17.2 Å². The predicted molar refractivity (Wildman–Crippen MR) is 61.0 cm³/mol. The molecule has 3 nitrogen and oxygen atoms in total. The number of nitriles is 1. The van der Waals surface area contributed by atoms with Crippen molar-refractivity contribution in [1.82, 2.24) is 0 Å². The van der Waals surface area contributed by atoms with E-state index in [1.807, 2.05) is 6.07 Å². The minimum atomic E-state index is -1.03. The molecule has 0 amide bonds. The van der Waals surface area contributed by atoms with Crippen molar-refractivity contribution in [2.24, 2.45) is 0 Å². The monoisotopic (exact) mass is 243 g/mol. The molecule has 0 aliphatic rings. The first-order valence-corrected chi connectivity index (χ1v) is 5.27. The second-order valence-electron chi connectivity index (χ2n) is 3.05. The zero-order valence-electron chi connectivity index (χ0n) is 7.76. The third-order valence-corrected chi connectivity index (χ3v) is 2.69. The van der Waals surface area contributed by atoms with Crippen LogP contribution >= 0.6 is 24.2 Å². The van der Waals surface area contributed by atoms with E-state index in [9.17, 15) is 10.2 Å². The largest absolute Gasteiger partial charge is 0.389 e. The van der Waals surface area contributed by atoms with Crippen molar-refractivity contribution < 1.29 is 10.2 Å². The molecule has 0 aromatic heterocycles. The van der Waals surface area contributed by atoms with Crippen LogP contribution in [-0.4, -0.2) is 22.1 Å². The Balaban J connectivity index is 2.98. The van der Waals surface area contributed by atoms with Crippen molar-refractivity contribution in [3.63, 3.8) is 0 Å². The maximum Gasteiger partial charge on any atom is 0.106 e. The van der Waals surface area contributed by atoms with Gasteiger partial charge in [-0.25, -0.2) is 0 Å². The van der Waals surface area contributed by atoms with E-state index in [0.29, 0.717) is 11.1 Å². The standard InChI is InChI=1S/C10H10ClNO2S/c11-8-3-6(1-2-7(8)4-12)10(14)9(13)5-15/h1-3,9-10,13-15H,5H2. The molecule has 0 bridgehead atoms. The highest BCUT2D eigenvalue weighted by Gasteiger charge is 2.17. The lowest BCUT2D eigenvalue weighted by molar-refractivity contribution is 0.0338. The van der Waals surface area contributed by atoms with E-state index in [-0.39, 0.29) is 10.8 Å². The molecule has 0 fully saturated rings. The van der Waals surface area contributed by atoms with Gasteiger partial charge >= 0.3 is 0 Å². The van der Waals surface area contributed by atoms with Gasteiger partial charge in [-0.05, 0) is 17.7 Å². The number of halogens is 1. The van der Waals surface area contributed by atoms with Gasteiger partial charge in [0, 0.05) is 5.75 Å². The van der Waals surface area contributed by atoms with Crippen molar-refractivity contribution in [3.8, 4) is 6.07 Å². The van der Waals surface area contributed by atoms with Crippen molar-refractivity contribution >= 4 is 24.2 Å². The van der Waals surface area contributed by atoms with E-state index < -0.39 is 12.2 Å². The zero-order valence-corrected chi connectivity index (χ0v) is 9.41. The summed E-state index contributed by atoms with van der Waals surface area (Å²) in [5, 5.41) is 27.9. The Hall–Kier alpha value is -0.730. The summed E-state index contributed by atoms with van der Waals surface area (Å²) in [5.41, 5.74) is 0.813. The molecule has 5 heteroatoms. The number of benzene rings is 1. The van der Waals surface area contributed by atoms with Gasteiger partial charge in [0.1, 0.15) is 12.2 Å². The van der Waals surface area contributed by atoms with Gasteiger partial charge in [0.15, 0.2) is 0 Å². The van der Waals surface area contributed by atoms with Crippen LogP contribution < -0.4 is 0 Å². The summed E-state index contributed by atoms with van der Waals surface area (Å²) in [6, 6.07) is 6.45. The van der Waals surface area contributed by atoms with E-state index in [2.05, 4.69) is 12.6 Å². The smallest absolute Gasteiger partial charge is 0.106 e. The molecule has 0 aliphatic carbocycles. The van der Waals surface area contributed by atoms with Crippen LogP contribution in [0.3, 0.4) is 0 Å². The van der Waals surface area contributed by atoms with Gasteiger partial charge in [-0.1, -0.05) is 17.7 Å². The van der Waals surface area contributed by atoms with Crippen LogP contribution in [0.2, 0.25) is 5.02 Å². The second-order valence-corrected chi connectivity index (χ2v) is 3.82. The van der Waals surface area contributed by atoms with E-state index >= 15 is 0 Å². The molecular formula is C10H10ClNO2S. The van der Waals surface area contributed by atoms with Crippen LogP contribution in [-0.2, 0) is 0 Å². The lowest BCUT2D eigenvalue weighted by Gasteiger charge is -2.16. The Kier molecular flexibility index (Phi) is 4.43. The van der Waals surface area contributed by atoms with Gasteiger partial charge < -0.3 is 10.2 Å². The molecule has 15 heavy (non-hydrogen) atoms. The molecule has 2 atom stereocenters. The minimum absolute atomic E-state index is 0.152. The first-order valence-electron chi connectivity index (χ1n) is 4.26. The molecule has 1 aromatic rings. The van der Waals surface area contributed by atoms with Crippen LogP contribution in [0.5, 0.6) is 0 Å². The Morgan fingerprint density at radius 1 is 1.47 bits per heavy atom. The van der Waals surface area contributed by atoms with Crippen LogP contribution in [0.15, 0.2) is 18.2 Å². The number of aliphatic hydroxyl groups excluding tert-OH is 2. The fourth-order valence-corrected chi connectivity index (χ4v) is 1.56. The number of aliphatic hydroxyl groups is 2. The highest BCUT2D eigenvalue weighted by molar-refractivity contribution is 7.80. The Morgan fingerprint density at radius 2 is 2.13 bits per heavy atom. The quantitative estimate of drug-likeness (QED) is 0.706. The average Bonchev–Trinajstić information content (AvgIpc) is 2.26. The van der Waals surface area contributed by atoms with Crippen molar-refractivity contribution in [1.29, 1.82) is 5.26 Å². The fraction of sp³-hybridized carbons (Fsp3) is 0.300. The lowest BCUT2D eigenvalue weighted by atomic mass is 10.0. The van der Waals surface area contributed by atoms with Crippen molar-refractivity contribution in [2.45, 2.75) is 12.2 Å². The molecular weight excluding hydrogens is 234 g/mol. The number of nitrogens with zero attached hydrogens (tertiary/aromatic N) is 1. The number of hydrogen-bond donors (Lipinski definition) is 3. The summed E-state index contributed by atoms with van der Waals surface area (Å²) < 4.78 is 0. The Labute approximate surface area is 98.3 Å². The van der Waals surface area contributed by atoms with E-state index in [1.54, 1.807) is 6.07 Å². The van der Waals surface area contributed by atoms with Gasteiger partial charge in [0.25, 0.3) is 0 Å². The molecule has 0 radical (unpaired) electrons. The van der Waals surface area contributed by atoms with Gasteiger partial charge in [-0.2, -0.15) is 17.9 Å². The third kappa shape index (κ3) is 2.86. The molecule has 2 unspecified atom stereocenters. The molecule has 1 aromatic carbocycles. The molecule has 0 saturated carbocycles. The topological polar surface area (TPSA) is 64.2 Å². The summed E-state index contributed by atoms with van der Waals surface area (Å²) in [6.07, 6.45) is -1.98. The molecule has 0 saturated heterocycles. The lowest BCUT2D eigenvalue weighted by Crippen LogP contribution is -2.19. The normalized spacial score (nSPS) is 14.3. The summed E-state index contributed by atoms with van der Waals surface area (Å²) >= 11 is 9.66. The summed E-state index contributed by atoms with van der Waals surface area (Å²) in [7, 11) is 0. The fourth-order valence-electron chi connectivity index (χ4n) is 1.13. The van der Waals surface area contributed by atoms with E-state index in [1.165, 1.54) is 12.1 Å². The Morgan fingerprint density at radius 3 is 2.60 bits per heavy atom. The Bertz CT molecular complexity index is 391. The first-order chi connectivity index (χ1) is 7.10. The summed E-state index contributed by atoms with van der Waals surface area (Å²) in [4.78, 5) is 0. The average molecular weight is 244 g/mol. The highest BCUT2D eigenvalue weighted by Crippen LogP contribution is 2.23. The van der Waals surface area contributed by atoms with E-state index in [4.69, 9.17) is 16.9 Å². The molecule has 0 aliphatic heterocycles. The van der Waals surface area contributed by atoms with Gasteiger partial charge in [-0.3, -0.25) is 0 Å².